The van der Waals surface area contributed by atoms with E-state index < -0.39 is 0 Å². The summed E-state index contributed by atoms with van der Waals surface area (Å²) < 4.78 is 0. The van der Waals surface area contributed by atoms with E-state index in [9.17, 15) is 4.79 Å². The first-order valence-corrected chi connectivity index (χ1v) is 15.6. The van der Waals surface area contributed by atoms with Gasteiger partial charge in [0.2, 0.25) is 0 Å². The van der Waals surface area contributed by atoms with Gasteiger partial charge in [0.25, 0.3) is 5.91 Å². The number of likely N-dealkylation sites (tertiary alicyclic amines) is 2. The Labute approximate surface area is 247 Å². The molecule has 2 aromatic heterocycles. The summed E-state index contributed by atoms with van der Waals surface area (Å²) in [6, 6.07) is 13.8. The molecule has 8 heteroatoms. The zero-order valence-electron chi connectivity index (χ0n) is 24.6. The van der Waals surface area contributed by atoms with Crippen LogP contribution in [0.25, 0.3) is 33.5 Å². The first kappa shape index (κ1) is 25.9. The van der Waals surface area contributed by atoms with Crippen LogP contribution in [0.2, 0.25) is 0 Å². The molecule has 0 bridgehead atoms. The number of fused-ring (bicyclic) bond motifs is 4. The lowest BCUT2D eigenvalue weighted by Gasteiger charge is -2.46. The number of nitrogens with zero attached hydrogens (tertiary/aromatic N) is 6. The van der Waals surface area contributed by atoms with Crippen molar-refractivity contribution in [3.8, 4) is 22.4 Å². The number of nitrogens with one attached hydrogen (secondary N) is 1. The van der Waals surface area contributed by atoms with Crippen LogP contribution in [0.3, 0.4) is 0 Å². The lowest BCUT2D eigenvalue weighted by atomic mass is 9.89. The van der Waals surface area contributed by atoms with E-state index in [4.69, 9.17) is 9.97 Å². The van der Waals surface area contributed by atoms with Crippen molar-refractivity contribution >= 4 is 22.8 Å². The van der Waals surface area contributed by atoms with E-state index in [2.05, 4.69) is 45.8 Å². The Morgan fingerprint density at radius 2 is 1.76 bits per heavy atom. The van der Waals surface area contributed by atoms with Gasteiger partial charge in [-0.1, -0.05) is 12.1 Å². The average Bonchev–Trinajstić information content (AvgIpc) is 3.66. The molecule has 0 aliphatic carbocycles. The number of hydrogen-bond acceptors (Lipinski definition) is 6. The van der Waals surface area contributed by atoms with Crippen molar-refractivity contribution in [2.75, 3.05) is 57.8 Å². The monoisotopic (exact) mass is 561 g/mol. The molecule has 0 radical (unpaired) electrons. The molecule has 42 heavy (non-hydrogen) atoms. The smallest absolute Gasteiger partial charge is 0.253 e. The Morgan fingerprint density at radius 1 is 0.952 bits per heavy atom. The minimum absolute atomic E-state index is 0.128. The molecule has 3 saturated heterocycles. The summed E-state index contributed by atoms with van der Waals surface area (Å²) in [6.07, 6.45) is 8.74. The molecular formula is C34H39N7O. The maximum atomic E-state index is 13.1. The quantitative estimate of drug-likeness (QED) is 0.393. The van der Waals surface area contributed by atoms with Gasteiger partial charge < -0.3 is 19.7 Å². The fourth-order valence-corrected chi connectivity index (χ4v) is 7.66. The molecule has 4 aliphatic rings. The molecule has 1 N–H and O–H groups in total. The number of aryl methyl sites for hydroxylation is 2. The lowest BCUT2D eigenvalue weighted by molar-refractivity contribution is 0.0334. The average molecular weight is 562 g/mol. The predicted octanol–water partition coefficient (Wildman–Crippen LogP) is 4.59. The molecule has 0 unspecified atom stereocenters. The number of likely N-dealkylation sites (N-methyl/N-ethyl adjacent to an activating group) is 1. The summed E-state index contributed by atoms with van der Waals surface area (Å²) in [6.45, 7) is 9.65. The van der Waals surface area contributed by atoms with Crippen LogP contribution in [0.15, 0.2) is 48.8 Å². The Bertz CT molecular complexity index is 1650. The number of carbonyl (C=O) groups is 1. The molecular weight excluding hydrogens is 522 g/mol. The lowest BCUT2D eigenvalue weighted by Crippen LogP contribution is -2.60. The topological polar surface area (TPSA) is 71.6 Å². The number of aromatic nitrogens is 3. The minimum atomic E-state index is 0.128. The Morgan fingerprint density at radius 3 is 2.57 bits per heavy atom. The highest BCUT2D eigenvalue weighted by Crippen LogP contribution is 2.38. The first-order valence-electron chi connectivity index (χ1n) is 15.6. The SMILES string of the molecule is Cc1cc(-c2cnc3[nH]cc(-c4ccc(C(=O)N5CC(N6CCCC6)C5)cc4)c3n2)cc2c1N1CCN(C)C[C@@H]1CC2. The minimum Gasteiger partial charge on any atom is -0.366 e. The van der Waals surface area contributed by atoms with Gasteiger partial charge in [-0.25, -0.2) is 9.97 Å². The van der Waals surface area contributed by atoms with Crippen LogP contribution >= 0.6 is 0 Å². The molecule has 1 amide bonds. The van der Waals surface area contributed by atoms with Crippen LogP contribution in [0.5, 0.6) is 0 Å². The Balaban J connectivity index is 1.04. The third kappa shape index (κ3) is 4.39. The fourth-order valence-electron chi connectivity index (χ4n) is 7.66. The molecule has 4 aromatic rings. The number of anilines is 1. The zero-order chi connectivity index (χ0) is 28.4. The summed E-state index contributed by atoms with van der Waals surface area (Å²) >= 11 is 0. The molecule has 0 saturated carbocycles. The van der Waals surface area contributed by atoms with Crippen LogP contribution < -0.4 is 4.90 Å². The van der Waals surface area contributed by atoms with Gasteiger partial charge in [0.05, 0.1) is 11.9 Å². The molecule has 8 rings (SSSR count). The maximum absolute atomic E-state index is 13.1. The van der Waals surface area contributed by atoms with Gasteiger partial charge >= 0.3 is 0 Å². The number of aromatic amines is 1. The summed E-state index contributed by atoms with van der Waals surface area (Å²) in [5.74, 6) is 0.128. The highest BCUT2D eigenvalue weighted by atomic mass is 16.2. The van der Waals surface area contributed by atoms with Gasteiger partial charge in [-0.05, 0) is 93.7 Å². The van der Waals surface area contributed by atoms with Crippen molar-refractivity contribution in [2.24, 2.45) is 0 Å². The van der Waals surface area contributed by atoms with Crippen LogP contribution in [0.4, 0.5) is 5.69 Å². The summed E-state index contributed by atoms with van der Waals surface area (Å²) in [4.78, 5) is 35.9. The summed E-state index contributed by atoms with van der Waals surface area (Å²) in [7, 11) is 2.23. The van der Waals surface area contributed by atoms with E-state index in [-0.39, 0.29) is 5.91 Å². The largest absolute Gasteiger partial charge is 0.366 e. The molecule has 216 valence electrons. The van der Waals surface area contributed by atoms with E-state index >= 15 is 0 Å². The number of piperazine rings is 1. The van der Waals surface area contributed by atoms with Crippen molar-refractivity contribution in [3.05, 3.63) is 65.5 Å². The first-order chi connectivity index (χ1) is 20.5. The van der Waals surface area contributed by atoms with Gasteiger partial charge in [0, 0.05) is 73.4 Å². The zero-order valence-corrected chi connectivity index (χ0v) is 24.6. The van der Waals surface area contributed by atoms with E-state index in [0.717, 1.165) is 78.3 Å². The van der Waals surface area contributed by atoms with Crippen molar-refractivity contribution in [2.45, 2.75) is 44.7 Å². The fraction of sp³-hybridized carbons (Fsp3) is 0.441. The normalized spacial score (nSPS) is 21.4. The number of carbonyl (C=O) groups excluding carboxylic acids is 1. The van der Waals surface area contributed by atoms with Gasteiger partial charge in [-0.2, -0.15) is 0 Å². The third-order valence-corrected chi connectivity index (χ3v) is 10.0. The Kier molecular flexibility index (Phi) is 6.30. The molecule has 2 aromatic carbocycles. The molecule has 4 aliphatic heterocycles. The number of hydrogen-bond donors (Lipinski definition) is 1. The molecule has 6 heterocycles. The van der Waals surface area contributed by atoms with Crippen molar-refractivity contribution in [1.29, 1.82) is 0 Å². The predicted molar refractivity (Wildman–Crippen MR) is 167 cm³/mol. The van der Waals surface area contributed by atoms with Crippen LogP contribution in [-0.4, -0.2) is 101 Å². The number of amides is 1. The van der Waals surface area contributed by atoms with E-state index in [1.807, 2.05) is 41.6 Å². The highest BCUT2D eigenvalue weighted by Gasteiger charge is 2.36. The van der Waals surface area contributed by atoms with E-state index in [0.29, 0.717) is 12.1 Å². The molecule has 0 spiro atoms. The van der Waals surface area contributed by atoms with Crippen molar-refractivity contribution in [1.82, 2.24) is 29.7 Å². The van der Waals surface area contributed by atoms with E-state index in [1.165, 1.54) is 49.2 Å². The van der Waals surface area contributed by atoms with Crippen LogP contribution in [0.1, 0.15) is 40.7 Å². The van der Waals surface area contributed by atoms with Crippen LogP contribution in [-0.2, 0) is 6.42 Å². The second kappa shape index (κ2) is 10.2. The maximum Gasteiger partial charge on any atom is 0.253 e. The molecule has 8 nitrogen and oxygen atoms in total. The molecule has 3 fully saturated rings. The standard InChI is InChI=1S/C34H39N7O/c1-22-15-26(16-25-9-10-27-19-38(2)13-14-41(27)32(22)25)30-18-36-33-31(37-30)29(17-35-33)23-5-7-24(8-6-23)34(42)40-20-28(21-40)39-11-3-4-12-39/h5-8,15-18,27-28H,3-4,9-14,19-21H2,1-2H3,(H,35,36)/t27-/m0/s1. The number of H-pyrrole nitrogens is 1. The van der Waals surface area contributed by atoms with Gasteiger partial charge in [0.1, 0.15) is 5.52 Å². The van der Waals surface area contributed by atoms with E-state index in [1.54, 1.807) is 0 Å². The highest BCUT2D eigenvalue weighted by molar-refractivity contribution is 5.96. The summed E-state index contributed by atoms with van der Waals surface area (Å²) in [5.41, 5.74) is 10.6. The molecule has 1 atom stereocenters. The van der Waals surface area contributed by atoms with Crippen molar-refractivity contribution in [3.63, 3.8) is 0 Å². The summed E-state index contributed by atoms with van der Waals surface area (Å²) in [5, 5.41) is 0. The van der Waals surface area contributed by atoms with Gasteiger partial charge in [-0.15, -0.1) is 0 Å². The van der Waals surface area contributed by atoms with Crippen molar-refractivity contribution < 1.29 is 4.79 Å². The number of rotatable bonds is 4. The third-order valence-electron chi connectivity index (χ3n) is 10.0. The van der Waals surface area contributed by atoms with Gasteiger partial charge in [0.15, 0.2) is 5.65 Å². The van der Waals surface area contributed by atoms with Crippen LogP contribution in [0, 0.1) is 6.92 Å². The van der Waals surface area contributed by atoms with Gasteiger partial charge in [-0.3, -0.25) is 9.69 Å². The number of benzene rings is 2. The Hall–Kier alpha value is -3.75. The second-order valence-corrected chi connectivity index (χ2v) is 12.8. The second-order valence-electron chi connectivity index (χ2n) is 12.8.